The first kappa shape index (κ1) is 13.7. The topological polar surface area (TPSA) is 72.8 Å². The molecular formula is C12H18O5. The van der Waals surface area contributed by atoms with Crippen LogP contribution < -0.4 is 0 Å². The van der Waals surface area contributed by atoms with Crippen LogP contribution in [0.15, 0.2) is 12.2 Å². The van der Waals surface area contributed by atoms with E-state index < -0.39 is 23.5 Å². The molecule has 0 bridgehead atoms. The number of hydrogen-bond acceptors (Lipinski definition) is 5. The molecule has 0 saturated heterocycles. The van der Waals surface area contributed by atoms with Crippen LogP contribution >= 0.6 is 0 Å². The van der Waals surface area contributed by atoms with Crippen LogP contribution in [-0.4, -0.2) is 35.9 Å². The predicted molar refractivity (Wildman–Crippen MR) is 60.1 cm³/mol. The molecule has 0 aromatic carbocycles. The van der Waals surface area contributed by atoms with E-state index in [4.69, 9.17) is 9.47 Å². The van der Waals surface area contributed by atoms with Gasteiger partial charge in [-0.1, -0.05) is 12.2 Å². The standard InChI is InChI=1S/C12H18O5/c1-3-16-10(13)9(11(14)17-4-2)12(15)7-5-6-8-12/h5,7,9,15H,3-4,6,8H2,1-2H3. The Bertz CT molecular complexity index is 305. The van der Waals surface area contributed by atoms with E-state index in [0.29, 0.717) is 12.8 Å². The minimum atomic E-state index is -1.47. The van der Waals surface area contributed by atoms with E-state index in [1.165, 1.54) is 6.08 Å². The van der Waals surface area contributed by atoms with Gasteiger partial charge in [-0.3, -0.25) is 9.59 Å². The van der Waals surface area contributed by atoms with E-state index in [1.807, 2.05) is 0 Å². The number of aliphatic hydroxyl groups is 1. The lowest BCUT2D eigenvalue weighted by Gasteiger charge is -2.27. The largest absolute Gasteiger partial charge is 0.465 e. The Hall–Kier alpha value is -1.36. The van der Waals surface area contributed by atoms with Crippen molar-refractivity contribution in [3.05, 3.63) is 12.2 Å². The summed E-state index contributed by atoms with van der Waals surface area (Å²) in [5.41, 5.74) is -1.47. The average molecular weight is 242 g/mol. The summed E-state index contributed by atoms with van der Waals surface area (Å²) in [6, 6.07) is 0. The maximum Gasteiger partial charge on any atom is 0.323 e. The fourth-order valence-corrected chi connectivity index (χ4v) is 1.88. The molecule has 0 aliphatic heterocycles. The quantitative estimate of drug-likeness (QED) is 0.439. The number of esters is 2. The molecule has 5 heteroatoms. The predicted octanol–water partition coefficient (Wildman–Crippen LogP) is 0.810. The molecule has 1 unspecified atom stereocenters. The number of hydrogen-bond donors (Lipinski definition) is 1. The smallest absolute Gasteiger partial charge is 0.323 e. The molecule has 1 aliphatic carbocycles. The van der Waals surface area contributed by atoms with Crippen molar-refractivity contribution in [2.45, 2.75) is 32.3 Å². The van der Waals surface area contributed by atoms with E-state index in [0.717, 1.165) is 0 Å². The van der Waals surface area contributed by atoms with Crippen molar-refractivity contribution >= 4 is 11.9 Å². The first-order chi connectivity index (χ1) is 8.05. The Labute approximate surface area is 100 Å². The summed E-state index contributed by atoms with van der Waals surface area (Å²) in [6.45, 7) is 3.62. The molecular weight excluding hydrogens is 224 g/mol. The van der Waals surface area contributed by atoms with Gasteiger partial charge in [0.15, 0.2) is 5.92 Å². The van der Waals surface area contributed by atoms with Crippen LogP contribution in [0.1, 0.15) is 26.7 Å². The van der Waals surface area contributed by atoms with Crippen LogP contribution in [0.4, 0.5) is 0 Å². The summed E-state index contributed by atoms with van der Waals surface area (Å²) in [6.07, 6.45) is 4.18. The zero-order valence-corrected chi connectivity index (χ0v) is 10.1. The fourth-order valence-electron chi connectivity index (χ4n) is 1.88. The van der Waals surface area contributed by atoms with E-state index in [1.54, 1.807) is 19.9 Å². The van der Waals surface area contributed by atoms with Crippen molar-refractivity contribution < 1.29 is 24.2 Å². The SMILES string of the molecule is CCOC(=O)C(C(=O)OCC)C1(O)C=CCC1. The van der Waals surface area contributed by atoms with Crippen LogP contribution in [0.25, 0.3) is 0 Å². The normalized spacial score (nSPS) is 22.8. The van der Waals surface area contributed by atoms with Crippen LogP contribution in [0.5, 0.6) is 0 Å². The van der Waals surface area contributed by atoms with Gasteiger partial charge in [-0.05, 0) is 26.7 Å². The first-order valence-electron chi connectivity index (χ1n) is 5.78. The summed E-state index contributed by atoms with van der Waals surface area (Å²) >= 11 is 0. The molecule has 96 valence electrons. The lowest BCUT2D eigenvalue weighted by atomic mass is 9.87. The summed E-state index contributed by atoms with van der Waals surface area (Å²) in [5, 5.41) is 10.3. The van der Waals surface area contributed by atoms with Gasteiger partial charge in [0.05, 0.1) is 13.2 Å². The molecule has 1 N–H and O–H groups in total. The second-order valence-corrected chi connectivity index (χ2v) is 3.87. The van der Waals surface area contributed by atoms with Gasteiger partial charge in [0.2, 0.25) is 0 Å². The zero-order valence-electron chi connectivity index (χ0n) is 10.1. The molecule has 0 aromatic rings. The Morgan fingerprint density at radius 3 is 2.18 bits per heavy atom. The van der Waals surface area contributed by atoms with Crippen LogP contribution in [0, 0.1) is 5.92 Å². The van der Waals surface area contributed by atoms with Crippen molar-refractivity contribution in [1.29, 1.82) is 0 Å². The molecule has 0 spiro atoms. The molecule has 1 aliphatic rings. The average Bonchev–Trinajstić information content (AvgIpc) is 2.66. The molecule has 0 saturated carbocycles. The molecule has 0 radical (unpaired) electrons. The fraction of sp³-hybridized carbons (Fsp3) is 0.667. The third-order valence-electron chi connectivity index (χ3n) is 2.66. The first-order valence-corrected chi connectivity index (χ1v) is 5.78. The summed E-state index contributed by atoms with van der Waals surface area (Å²) in [4.78, 5) is 23.5. The van der Waals surface area contributed by atoms with Gasteiger partial charge in [-0.25, -0.2) is 0 Å². The van der Waals surface area contributed by atoms with Crippen LogP contribution in [0.3, 0.4) is 0 Å². The minimum absolute atomic E-state index is 0.161. The van der Waals surface area contributed by atoms with Gasteiger partial charge in [-0.2, -0.15) is 0 Å². The molecule has 0 aromatic heterocycles. The molecule has 1 atom stereocenters. The Balaban J connectivity index is 2.89. The number of carbonyl (C=O) groups is 2. The van der Waals surface area contributed by atoms with E-state index in [-0.39, 0.29) is 13.2 Å². The number of allylic oxidation sites excluding steroid dienone is 1. The van der Waals surface area contributed by atoms with Gasteiger partial charge < -0.3 is 14.6 Å². The van der Waals surface area contributed by atoms with Crippen molar-refractivity contribution in [3.63, 3.8) is 0 Å². The lowest BCUT2D eigenvalue weighted by Crippen LogP contribution is -2.46. The third-order valence-corrected chi connectivity index (χ3v) is 2.66. The Morgan fingerprint density at radius 1 is 1.29 bits per heavy atom. The summed E-state index contributed by atoms with van der Waals surface area (Å²) < 4.78 is 9.63. The van der Waals surface area contributed by atoms with Crippen LogP contribution in [0.2, 0.25) is 0 Å². The highest BCUT2D eigenvalue weighted by Gasteiger charge is 2.47. The van der Waals surface area contributed by atoms with Gasteiger partial charge >= 0.3 is 11.9 Å². The van der Waals surface area contributed by atoms with E-state index in [9.17, 15) is 14.7 Å². The molecule has 0 amide bonds. The highest BCUT2D eigenvalue weighted by molar-refractivity contribution is 5.96. The molecule has 17 heavy (non-hydrogen) atoms. The Kier molecular flexibility index (Phi) is 4.69. The number of carbonyl (C=O) groups excluding carboxylic acids is 2. The number of ether oxygens (including phenoxy) is 2. The number of rotatable bonds is 5. The van der Waals surface area contributed by atoms with Gasteiger partial charge in [-0.15, -0.1) is 0 Å². The van der Waals surface area contributed by atoms with Gasteiger partial charge in [0.1, 0.15) is 5.60 Å². The van der Waals surface area contributed by atoms with Crippen molar-refractivity contribution in [2.24, 2.45) is 5.92 Å². The van der Waals surface area contributed by atoms with Crippen molar-refractivity contribution in [1.82, 2.24) is 0 Å². The van der Waals surface area contributed by atoms with Crippen molar-refractivity contribution in [2.75, 3.05) is 13.2 Å². The van der Waals surface area contributed by atoms with E-state index >= 15 is 0 Å². The third kappa shape index (κ3) is 3.06. The molecule has 1 rings (SSSR count). The highest BCUT2D eigenvalue weighted by Crippen LogP contribution is 2.32. The lowest BCUT2D eigenvalue weighted by molar-refractivity contribution is -0.171. The van der Waals surface area contributed by atoms with Gasteiger partial charge in [0.25, 0.3) is 0 Å². The maximum atomic E-state index is 11.7. The second-order valence-electron chi connectivity index (χ2n) is 3.87. The van der Waals surface area contributed by atoms with Gasteiger partial charge in [0, 0.05) is 0 Å². The highest BCUT2D eigenvalue weighted by atomic mass is 16.6. The van der Waals surface area contributed by atoms with E-state index in [2.05, 4.69) is 0 Å². The molecule has 0 fully saturated rings. The minimum Gasteiger partial charge on any atom is -0.465 e. The zero-order chi connectivity index (χ0) is 12.9. The monoisotopic (exact) mass is 242 g/mol. The molecule has 5 nitrogen and oxygen atoms in total. The van der Waals surface area contributed by atoms with Crippen LogP contribution in [-0.2, 0) is 19.1 Å². The molecule has 0 heterocycles. The van der Waals surface area contributed by atoms with Crippen molar-refractivity contribution in [3.8, 4) is 0 Å². The summed E-state index contributed by atoms with van der Waals surface area (Å²) in [5.74, 6) is -2.76. The second kappa shape index (κ2) is 5.82. The maximum absolute atomic E-state index is 11.7. The summed E-state index contributed by atoms with van der Waals surface area (Å²) in [7, 11) is 0. The Morgan fingerprint density at radius 2 is 1.82 bits per heavy atom.